The number of aromatic nitrogens is 2. The first kappa shape index (κ1) is 12.5. The van der Waals surface area contributed by atoms with E-state index >= 15 is 0 Å². The van der Waals surface area contributed by atoms with Crippen LogP contribution < -0.4 is 16.6 Å². The average molecular weight is 226 g/mol. The van der Waals surface area contributed by atoms with Crippen molar-refractivity contribution in [1.29, 1.82) is 0 Å². The molecule has 0 radical (unpaired) electrons. The number of hydrogen-bond donors (Lipinski definition) is 3. The maximum Gasteiger partial charge on any atom is 0.276 e. The minimum Gasteiger partial charge on any atom is -0.391 e. The molecule has 4 N–H and O–H groups in total. The molecule has 6 heteroatoms. The molecule has 0 saturated carbocycles. The van der Waals surface area contributed by atoms with Gasteiger partial charge in [-0.25, -0.2) is 4.98 Å². The maximum atomic E-state index is 11.1. The quantitative estimate of drug-likeness (QED) is 0.612. The van der Waals surface area contributed by atoms with E-state index in [-0.39, 0.29) is 11.2 Å². The van der Waals surface area contributed by atoms with Gasteiger partial charge in [0.1, 0.15) is 5.69 Å². The van der Waals surface area contributed by atoms with E-state index in [1.54, 1.807) is 0 Å². The SMILES string of the molecule is CC(C)COCCNc1nc[nH]c(=O)c1N. The van der Waals surface area contributed by atoms with E-state index in [0.29, 0.717) is 24.9 Å². The topological polar surface area (TPSA) is 93.0 Å². The third-order valence-electron chi connectivity index (χ3n) is 1.88. The smallest absolute Gasteiger partial charge is 0.276 e. The van der Waals surface area contributed by atoms with Crippen LogP contribution in [0.4, 0.5) is 11.5 Å². The normalized spacial score (nSPS) is 10.7. The number of rotatable bonds is 6. The third-order valence-corrected chi connectivity index (χ3v) is 1.88. The van der Waals surface area contributed by atoms with Gasteiger partial charge < -0.3 is 20.8 Å². The van der Waals surface area contributed by atoms with Gasteiger partial charge in [-0.1, -0.05) is 13.8 Å². The number of nitrogen functional groups attached to an aromatic ring is 1. The molecule has 0 saturated heterocycles. The molecule has 1 rings (SSSR count). The van der Waals surface area contributed by atoms with Crippen molar-refractivity contribution in [2.75, 3.05) is 30.8 Å². The van der Waals surface area contributed by atoms with Crippen molar-refractivity contribution in [3.05, 3.63) is 16.7 Å². The lowest BCUT2D eigenvalue weighted by atomic mass is 10.2. The van der Waals surface area contributed by atoms with Gasteiger partial charge in [-0.3, -0.25) is 4.79 Å². The Morgan fingerprint density at radius 2 is 2.38 bits per heavy atom. The Labute approximate surface area is 94.2 Å². The van der Waals surface area contributed by atoms with Crippen LogP contribution in [0.1, 0.15) is 13.8 Å². The van der Waals surface area contributed by atoms with Crippen LogP contribution in [0.15, 0.2) is 11.1 Å². The van der Waals surface area contributed by atoms with Crippen molar-refractivity contribution in [2.24, 2.45) is 5.92 Å². The van der Waals surface area contributed by atoms with E-state index < -0.39 is 0 Å². The summed E-state index contributed by atoms with van der Waals surface area (Å²) in [5, 5.41) is 2.95. The molecule has 90 valence electrons. The van der Waals surface area contributed by atoms with Gasteiger partial charge in [0.05, 0.1) is 12.9 Å². The number of nitrogens with two attached hydrogens (primary N) is 1. The van der Waals surface area contributed by atoms with E-state index in [2.05, 4.69) is 29.1 Å². The molecule has 0 aliphatic rings. The van der Waals surface area contributed by atoms with Gasteiger partial charge in [0, 0.05) is 13.2 Å². The summed E-state index contributed by atoms with van der Waals surface area (Å²) in [7, 11) is 0. The summed E-state index contributed by atoms with van der Waals surface area (Å²) in [6, 6.07) is 0. The van der Waals surface area contributed by atoms with Crippen LogP contribution >= 0.6 is 0 Å². The summed E-state index contributed by atoms with van der Waals surface area (Å²) >= 11 is 0. The standard InChI is InChI=1S/C10H18N4O2/c1-7(2)5-16-4-3-12-9-8(11)10(15)14-6-13-9/h6-7H,3-5,11H2,1-2H3,(H2,12,13,14,15). The Morgan fingerprint density at radius 1 is 1.62 bits per heavy atom. The lowest BCUT2D eigenvalue weighted by molar-refractivity contribution is 0.118. The van der Waals surface area contributed by atoms with Crippen molar-refractivity contribution in [3.63, 3.8) is 0 Å². The molecule has 0 atom stereocenters. The molecular formula is C10H18N4O2. The molecule has 16 heavy (non-hydrogen) atoms. The Kier molecular flexibility index (Phi) is 4.78. The van der Waals surface area contributed by atoms with Gasteiger partial charge in [0.2, 0.25) is 0 Å². The van der Waals surface area contributed by atoms with Crippen LogP contribution in [0.2, 0.25) is 0 Å². The first-order valence-corrected chi connectivity index (χ1v) is 5.26. The van der Waals surface area contributed by atoms with Crippen LogP contribution in [-0.2, 0) is 4.74 Å². The largest absolute Gasteiger partial charge is 0.391 e. The zero-order chi connectivity index (χ0) is 12.0. The second kappa shape index (κ2) is 6.12. The van der Waals surface area contributed by atoms with Crippen LogP contribution in [0.5, 0.6) is 0 Å². The lowest BCUT2D eigenvalue weighted by Gasteiger charge is -2.09. The summed E-state index contributed by atoms with van der Waals surface area (Å²) in [5.74, 6) is 0.916. The summed E-state index contributed by atoms with van der Waals surface area (Å²) in [6.07, 6.45) is 1.32. The molecule has 1 aromatic rings. The predicted octanol–water partition coefficient (Wildman–Crippen LogP) is 0.437. The number of H-pyrrole nitrogens is 1. The number of aromatic amines is 1. The van der Waals surface area contributed by atoms with Crippen LogP contribution in [-0.4, -0.2) is 29.7 Å². The maximum absolute atomic E-state index is 11.1. The van der Waals surface area contributed by atoms with Gasteiger partial charge in [0.15, 0.2) is 5.82 Å². The molecule has 0 unspecified atom stereocenters. The predicted molar refractivity (Wildman–Crippen MR) is 63.4 cm³/mol. The van der Waals surface area contributed by atoms with Crippen LogP contribution in [0, 0.1) is 5.92 Å². The Balaban J connectivity index is 2.32. The zero-order valence-corrected chi connectivity index (χ0v) is 9.62. The molecule has 0 aliphatic carbocycles. The fraction of sp³-hybridized carbons (Fsp3) is 0.600. The third kappa shape index (κ3) is 3.90. The van der Waals surface area contributed by atoms with Gasteiger partial charge in [-0.2, -0.15) is 0 Å². The highest BCUT2D eigenvalue weighted by Gasteiger charge is 2.02. The minimum atomic E-state index is -0.333. The highest BCUT2D eigenvalue weighted by atomic mass is 16.5. The average Bonchev–Trinajstić information content (AvgIpc) is 2.23. The summed E-state index contributed by atoms with van der Waals surface area (Å²) in [4.78, 5) is 17.4. The molecule has 0 aliphatic heterocycles. The Bertz CT molecular complexity index is 375. The van der Waals surface area contributed by atoms with Crippen LogP contribution in [0.3, 0.4) is 0 Å². The van der Waals surface area contributed by atoms with E-state index in [4.69, 9.17) is 10.5 Å². The van der Waals surface area contributed by atoms with Crippen LogP contribution in [0.25, 0.3) is 0 Å². The molecule has 0 amide bonds. The first-order chi connectivity index (χ1) is 7.61. The van der Waals surface area contributed by atoms with Gasteiger partial charge in [0.25, 0.3) is 5.56 Å². The molecule has 0 aromatic carbocycles. The molecular weight excluding hydrogens is 208 g/mol. The number of nitrogens with zero attached hydrogens (tertiary/aromatic N) is 1. The summed E-state index contributed by atoms with van der Waals surface area (Å²) in [6.45, 7) is 6.03. The zero-order valence-electron chi connectivity index (χ0n) is 9.62. The van der Waals surface area contributed by atoms with E-state index in [0.717, 1.165) is 6.61 Å². The Hall–Kier alpha value is -1.56. The fourth-order valence-corrected chi connectivity index (χ4v) is 1.11. The molecule has 0 spiro atoms. The van der Waals surface area contributed by atoms with Gasteiger partial charge in [-0.15, -0.1) is 0 Å². The van der Waals surface area contributed by atoms with E-state index in [1.165, 1.54) is 6.33 Å². The van der Waals surface area contributed by atoms with Gasteiger partial charge in [-0.05, 0) is 5.92 Å². The highest BCUT2D eigenvalue weighted by Crippen LogP contribution is 2.05. The Morgan fingerprint density at radius 3 is 3.06 bits per heavy atom. The molecule has 6 nitrogen and oxygen atoms in total. The van der Waals surface area contributed by atoms with Crippen molar-refractivity contribution in [3.8, 4) is 0 Å². The van der Waals surface area contributed by atoms with Crippen molar-refractivity contribution in [1.82, 2.24) is 9.97 Å². The molecule has 1 aromatic heterocycles. The lowest BCUT2D eigenvalue weighted by Crippen LogP contribution is -2.18. The molecule has 0 fully saturated rings. The second-order valence-corrected chi connectivity index (χ2v) is 3.89. The summed E-state index contributed by atoms with van der Waals surface area (Å²) in [5.41, 5.74) is 5.31. The fourth-order valence-electron chi connectivity index (χ4n) is 1.11. The van der Waals surface area contributed by atoms with Gasteiger partial charge >= 0.3 is 0 Å². The minimum absolute atomic E-state index is 0.103. The number of ether oxygens (including phenoxy) is 1. The van der Waals surface area contributed by atoms with Crippen molar-refractivity contribution < 1.29 is 4.74 Å². The van der Waals surface area contributed by atoms with Crippen molar-refractivity contribution >= 4 is 11.5 Å². The molecule has 0 bridgehead atoms. The monoisotopic (exact) mass is 226 g/mol. The number of nitrogens with one attached hydrogen (secondary N) is 2. The molecule has 1 heterocycles. The first-order valence-electron chi connectivity index (χ1n) is 5.26. The highest BCUT2D eigenvalue weighted by molar-refractivity contribution is 5.58. The number of hydrogen-bond acceptors (Lipinski definition) is 5. The summed E-state index contributed by atoms with van der Waals surface area (Å²) < 4.78 is 5.37. The number of anilines is 2. The van der Waals surface area contributed by atoms with Crippen molar-refractivity contribution in [2.45, 2.75) is 13.8 Å². The van der Waals surface area contributed by atoms with E-state index in [9.17, 15) is 4.79 Å². The second-order valence-electron chi connectivity index (χ2n) is 3.89. The van der Waals surface area contributed by atoms with E-state index in [1.807, 2.05) is 0 Å².